The van der Waals surface area contributed by atoms with E-state index in [1.54, 1.807) is 42.5 Å². The van der Waals surface area contributed by atoms with Crippen molar-refractivity contribution in [2.45, 2.75) is 26.7 Å². The predicted molar refractivity (Wildman–Crippen MR) is 113 cm³/mol. The highest BCUT2D eigenvalue weighted by atomic mass is 32.1. The zero-order chi connectivity index (χ0) is 19.6. The van der Waals surface area contributed by atoms with Crippen molar-refractivity contribution < 1.29 is 9.59 Å². The van der Waals surface area contributed by atoms with Crippen LogP contribution < -0.4 is 10.6 Å². The molecule has 0 aliphatic carbocycles. The molecule has 0 bridgehead atoms. The first-order valence-corrected chi connectivity index (χ1v) is 9.52. The molecule has 0 aliphatic heterocycles. The Morgan fingerprint density at radius 2 is 1.56 bits per heavy atom. The van der Waals surface area contributed by atoms with Gasteiger partial charge in [-0.25, -0.2) is 0 Å². The molecule has 0 fully saturated rings. The quantitative estimate of drug-likeness (QED) is 0.708. The Hall–Kier alpha value is -2.73. The van der Waals surface area contributed by atoms with Crippen LogP contribution in [-0.4, -0.2) is 34.9 Å². The fourth-order valence-electron chi connectivity index (χ4n) is 2.69. The molecule has 0 aliphatic rings. The fourth-order valence-corrected chi connectivity index (χ4v) is 2.90. The van der Waals surface area contributed by atoms with Crippen molar-refractivity contribution in [3.05, 3.63) is 65.7 Å². The van der Waals surface area contributed by atoms with Crippen LogP contribution in [0.25, 0.3) is 0 Å². The zero-order valence-electron chi connectivity index (χ0n) is 15.7. The molecule has 2 N–H and O–H groups in total. The zero-order valence-corrected chi connectivity index (χ0v) is 16.5. The van der Waals surface area contributed by atoms with Crippen LogP contribution in [0.5, 0.6) is 0 Å². The van der Waals surface area contributed by atoms with Crippen molar-refractivity contribution in [1.29, 1.82) is 0 Å². The van der Waals surface area contributed by atoms with E-state index in [1.165, 1.54) is 0 Å². The number of anilines is 1. The van der Waals surface area contributed by atoms with Crippen LogP contribution in [0.4, 0.5) is 5.69 Å². The van der Waals surface area contributed by atoms with Crippen LogP contribution >= 0.6 is 12.2 Å². The van der Waals surface area contributed by atoms with E-state index in [0.717, 1.165) is 25.9 Å². The summed E-state index contributed by atoms with van der Waals surface area (Å²) in [5.41, 5.74) is 1.78. The van der Waals surface area contributed by atoms with Gasteiger partial charge < -0.3 is 10.2 Å². The minimum Gasteiger partial charge on any atom is -0.339 e. The number of rotatable bonds is 7. The summed E-state index contributed by atoms with van der Waals surface area (Å²) in [6.07, 6.45) is 1.83. The van der Waals surface area contributed by atoms with E-state index in [4.69, 9.17) is 12.2 Å². The minimum atomic E-state index is -0.280. The van der Waals surface area contributed by atoms with E-state index in [2.05, 4.69) is 24.5 Å². The topological polar surface area (TPSA) is 61.4 Å². The summed E-state index contributed by atoms with van der Waals surface area (Å²) >= 11 is 5.22. The summed E-state index contributed by atoms with van der Waals surface area (Å²) in [4.78, 5) is 26.7. The van der Waals surface area contributed by atoms with Gasteiger partial charge in [0, 0.05) is 29.9 Å². The molecule has 0 atom stereocenters. The van der Waals surface area contributed by atoms with Gasteiger partial charge in [0.1, 0.15) is 0 Å². The first-order valence-electron chi connectivity index (χ1n) is 9.11. The normalized spacial score (nSPS) is 10.1. The molecular formula is C21H25N3O2S. The van der Waals surface area contributed by atoms with Crippen LogP contribution in [0, 0.1) is 0 Å². The van der Waals surface area contributed by atoms with Crippen LogP contribution in [0.2, 0.25) is 0 Å². The number of nitrogens with one attached hydrogen (secondary N) is 2. The summed E-state index contributed by atoms with van der Waals surface area (Å²) < 4.78 is 0. The van der Waals surface area contributed by atoms with Crippen molar-refractivity contribution in [3.8, 4) is 0 Å². The molecule has 6 heteroatoms. The number of hydrogen-bond acceptors (Lipinski definition) is 3. The van der Waals surface area contributed by atoms with Gasteiger partial charge in [-0.15, -0.1) is 0 Å². The number of thiocarbonyl (C=S) groups is 1. The highest BCUT2D eigenvalue weighted by Crippen LogP contribution is 2.14. The monoisotopic (exact) mass is 383 g/mol. The van der Waals surface area contributed by atoms with Crippen LogP contribution in [0.15, 0.2) is 54.6 Å². The van der Waals surface area contributed by atoms with E-state index < -0.39 is 0 Å². The molecule has 142 valence electrons. The molecule has 2 aromatic carbocycles. The summed E-state index contributed by atoms with van der Waals surface area (Å²) in [6, 6.07) is 16.0. The first kappa shape index (κ1) is 20.6. The van der Waals surface area contributed by atoms with Crippen LogP contribution in [0.1, 0.15) is 47.4 Å². The third-order valence-corrected chi connectivity index (χ3v) is 4.11. The molecule has 5 nitrogen and oxygen atoms in total. The van der Waals surface area contributed by atoms with Crippen LogP contribution in [0.3, 0.4) is 0 Å². The van der Waals surface area contributed by atoms with Gasteiger partial charge in [0.05, 0.1) is 0 Å². The van der Waals surface area contributed by atoms with Crippen molar-refractivity contribution in [2.24, 2.45) is 0 Å². The summed E-state index contributed by atoms with van der Waals surface area (Å²) in [6.45, 7) is 5.58. The average molecular weight is 384 g/mol. The van der Waals surface area contributed by atoms with Gasteiger partial charge in [-0.3, -0.25) is 14.9 Å². The maximum atomic E-state index is 12.7. The molecule has 0 heterocycles. The molecule has 0 radical (unpaired) electrons. The molecule has 0 saturated heterocycles. The van der Waals surface area contributed by atoms with E-state index in [9.17, 15) is 9.59 Å². The molecule has 0 unspecified atom stereocenters. The van der Waals surface area contributed by atoms with Gasteiger partial charge in [0.15, 0.2) is 5.11 Å². The Bertz CT molecular complexity index is 787. The molecule has 2 rings (SSSR count). The Morgan fingerprint density at radius 1 is 0.926 bits per heavy atom. The lowest BCUT2D eigenvalue weighted by Crippen LogP contribution is -2.34. The maximum absolute atomic E-state index is 12.7. The van der Waals surface area contributed by atoms with Gasteiger partial charge in [-0.2, -0.15) is 0 Å². The van der Waals surface area contributed by atoms with Crippen molar-refractivity contribution in [2.75, 3.05) is 18.4 Å². The van der Waals surface area contributed by atoms with Gasteiger partial charge >= 0.3 is 0 Å². The third-order valence-electron chi connectivity index (χ3n) is 3.90. The maximum Gasteiger partial charge on any atom is 0.257 e. The lowest BCUT2D eigenvalue weighted by molar-refractivity contribution is 0.0755. The predicted octanol–water partition coefficient (Wildman–Crippen LogP) is 4.08. The van der Waals surface area contributed by atoms with Gasteiger partial charge in [0.25, 0.3) is 11.8 Å². The Balaban J connectivity index is 2.03. The number of carbonyl (C=O) groups is 2. The second-order valence-corrected chi connectivity index (χ2v) is 6.56. The number of nitrogens with zero attached hydrogens (tertiary/aromatic N) is 1. The van der Waals surface area contributed by atoms with Crippen molar-refractivity contribution >= 4 is 34.8 Å². The SMILES string of the molecule is CCCN(CCC)C(=O)c1cccc(NC(=S)NC(=O)c2ccccc2)c1. The molecular weight excluding hydrogens is 358 g/mol. The lowest BCUT2D eigenvalue weighted by Gasteiger charge is -2.21. The van der Waals surface area contributed by atoms with Gasteiger partial charge in [0.2, 0.25) is 0 Å². The highest BCUT2D eigenvalue weighted by molar-refractivity contribution is 7.80. The molecule has 2 aromatic rings. The molecule has 0 spiro atoms. The van der Waals surface area contributed by atoms with E-state index in [0.29, 0.717) is 16.8 Å². The molecule has 0 saturated carbocycles. The largest absolute Gasteiger partial charge is 0.339 e. The number of carbonyl (C=O) groups excluding carboxylic acids is 2. The smallest absolute Gasteiger partial charge is 0.257 e. The Labute approximate surface area is 165 Å². The lowest BCUT2D eigenvalue weighted by atomic mass is 10.1. The van der Waals surface area contributed by atoms with Crippen molar-refractivity contribution in [1.82, 2.24) is 10.2 Å². The summed E-state index contributed by atoms with van der Waals surface area (Å²) in [5.74, 6) is -0.279. The Kier molecular flexibility index (Phi) is 7.95. The Morgan fingerprint density at radius 3 is 2.19 bits per heavy atom. The number of amides is 2. The van der Waals surface area contributed by atoms with Gasteiger partial charge in [-0.1, -0.05) is 38.1 Å². The van der Waals surface area contributed by atoms with Crippen LogP contribution in [-0.2, 0) is 0 Å². The molecule has 2 amide bonds. The molecule has 0 aromatic heterocycles. The van der Waals surface area contributed by atoms with Gasteiger partial charge in [-0.05, 0) is 55.4 Å². The average Bonchev–Trinajstić information content (AvgIpc) is 2.68. The fraction of sp³-hybridized carbons (Fsp3) is 0.286. The summed E-state index contributed by atoms with van der Waals surface area (Å²) in [7, 11) is 0. The number of hydrogen-bond donors (Lipinski definition) is 2. The standard InChI is InChI=1S/C21H25N3O2S/c1-3-13-24(14-4-2)20(26)17-11-8-12-18(15-17)22-21(27)23-19(25)16-9-6-5-7-10-16/h5-12,15H,3-4,13-14H2,1-2H3,(H2,22,23,25,27). The van der Waals surface area contributed by atoms with E-state index >= 15 is 0 Å². The van der Waals surface area contributed by atoms with Crippen molar-refractivity contribution in [3.63, 3.8) is 0 Å². The second kappa shape index (κ2) is 10.4. The third kappa shape index (κ3) is 6.18. The molecule has 27 heavy (non-hydrogen) atoms. The van der Waals surface area contributed by atoms with E-state index in [-0.39, 0.29) is 16.9 Å². The second-order valence-electron chi connectivity index (χ2n) is 6.15. The minimum absolute atomic E-state index is 0.00147. The number of benzene rings is 2. The first-order chi connectivity index (χ1) is 13.0. The summed E-state index contributed by atoms with van der Waals surface area (Å²) in [5, 5.41) is 5.80. The highest BCUT2D eigenvalue weighted by Gasteiger charge is 2.15. The van der Waals surface area contributed by atoms with E-state index in [1.807, 2.05) is 17.0 Å².